The molecule has 0 aliphatic heterocycles. The van der Waals surface area contributed by atoms with Gasteiger partial charge in [0, 0.05) is 31.2 Å². The molecule has 0 saturated heterocycles. The lowest BCUT2D eigenvalue weighted by Crippen LogP contribution is -2.57. The molecule has 0 bridgehead atoms. The van der Waals surface area contributed by atoms with Gasteiger partial charge < -0.3 is 30.8 Å². The maximum atomic E-state index is 13.9. The van der Waals surface area contributed by atoms with Crippen molar-refractivity contribution in [3.63, 3.8) is 0 Å². The number of alkyl carbamates (subject to hydrolysis) is 1. The molecule has 0 aliphatic carbocycles. The molecule has 0 fully saturated rings. The van der Waals surface area contributed by atoms with Crippen molar-refractivity contribution < 1.29 is 33.8 Å². The molecule has 3 rings (SSSR count). The Bertz CT molecular complexity index is 1610. The van der Waals surface area contributed by atoms with Crippen molar-refractivity contribution in [2.24, 2.45) is 11.8 Å². The first-order valence-corrected chi connectivity index (χ1v) is 18.7. The van der Waals surface area contributed by atoms with Gasteiger partial charge in [-0.25, -0.2) is 9.78 Å². The second kappa shape index (κ2) is 21.6. The number of hydrogen-bond acceptors (Lipinski definition) is 8. The Kier molecular flexibility index (Phi) is 17.4. The average molecular weight is 747 g/mol. The van der Waals surface area contributed by atoms with Crippen molar-refractivity contribution in [3.8, 4) is 0 Å². The van der Waals surface area contributed by atoms with Gasteiger partial charge in [-0.1, -0.05) is 81.4 Å². The SMILES string of the molecule is CC(C)C[C@H](NC(=O)[C@H](Cc1cnc[nH]1)NC(=O)[C@H](Cc1ccccc1)NC(=O)OC(C)(C)C)[C@@H](O)CC(=O)NC(=O)C[C@@H](C)CCCc1ccccc1. The molecular formula is C41H58N6O7. The number of carbonyl (C=O) groups excluding carboxylic acids is 5. The van der Waals surface area contributed by atoms with E-state index in [0.717, 1.165) is 24.8 Å². The highest BCUT2D eigenvalue weighted by Crippen LogP contribution is 2.16. The first-order valence-electron chi connectivity index (χ1n) is 18.7. The predicted octanol–water partition coefficient (Wildman–Crippen LogP) is 4.55. The number of carbonyl (C=O) groups is 5. The van der Waals surface area contributed by atoms with Gasteiger partial charge in [-0.15, -0.1) is 0 Å². The Morgan fingerprint density at radius 2 is 1.39 bits per heavy atom. The number of nitrogens with one attached hydrogen (secondary N) is 5. The van der Waals surface area contributed by atoms with Crippen LogP contribution in [-0.4, -0.2) is 74.6 Å². The number of nitrogens with zero attached hydrogens (tertiary/aromatic N) is 1. The third kappa shape index (κ3) is 16.7. The lowest BCUT2D eigenvalue weighted by Gasteiger charge is -2.29. The fraction of sp³-hybridized carbons (Fsp3) is 0.512. The van der Waals surface area contributed by atoms with Crippen LogP contribution in [0.25, 0.3) is 0 Å². The topological polar surface area (TPSA) is 192 Å². The summed E-state index contributed by atoms with van der Waals surface area (Å²) in [7, 11) is 0. The molecule has 294 valence electrons. The highest BCUT2D eigenvalue weighted by Gasteiger charge is 2.32. The second-order valence-corrected chi connectivity index (χ2v) is 15.4. The fourth-order valence-electron chi connectivity index (χ4n) is 6.02. The van der Waals surface area contributed by atoms with Crippen LogP contribution in [0.3, 0.4) is 0 Å². The number of imide groups is 1. The highest BCUT2D eigenvalue weighted by atomic mass is 16.6. The van der Waals surface area contributed by atoms with Crippen molar-refractivity contribution in [2.75, 3.05) is 0 Å². The Hall–Kier alpha value is -5.04. The molecule has 1 heterocycles. The van der Waals surface area contributed by atoms with E-state index in [9.17, 15) is 29.1 Å². The van der Waals surface area contributed by atoms with Crippen LogP contribution in [0.2, 0.25) is 0 Å². The summed E-state index contributed by atoms with van der Waals surface area (Å²) in [5.74, 6) is -2.23. The molecule has 0 radical (unpaired) electrons. The Morgan fingerprint density at radius 1 is 0.796 bits per heavy atom. The van der Waals surface area contributed by atoms with Crippen LogP contribution in [0.15, 0.2) is 73.2 Å². The van der Waals surface area contributed by atoms with E-state index < -0.39 is 66.0 Å². The van der Waals surface area contributed by atoms with Crippen LogP contribution in [0.4, 0.5) is 4.79 Å². The quantitative estimate of drug-likeness (QED) is 0.0971. The number of aromatic nitrogens is 2. The minimum absolute atomic E-state index is 0.0142. The van der Waals surface area contributed by atoms with E-state index in [1.165, 1.54) is 18.1 Å². The maximum absolute atomic E-state index is 13.9. The number of amides is 5. The van der Waals surface area contributed by atoms with E-state index >= 15 is 0 Å². The first kappa shape index (κ1) is 43.4. The lowest BCUT2D eigenvalue weighted by molar-refractivity contribution is -0.133. The number of benzene rings is 2. The van der Waals surface area contributed by atoms with Crippen LogP contribution in [0.1, 0.15) is 90.5 Å². The number of imidazole rings is 1. The Balaban J connectivity index is 1.66. The zero-order valence-corrected chi connectivity index (χ0v) is 32.4. The second-order valence-electron chi connectivity index (χ2n) is 15.4. The molecule has 0 aliphatic rings. The third-order valence-corrected chi connectivity index (χ3v) is 8.63. The van der Waals surface area contributed by atoms with Gasteiger partial charge in [0.1, 0.15) is 17.7 Å². The van der Waals surface area contributed by atoms with Crippen molar-refractivity contribution in [3.05, 3.63) is 90.0 Å². The molecular weight excluding hydrogens is 688 g/mol. The van der Waals surface area contributed by atoms with E-state index in [1.54, 1.807) is 20.8 Å². The summed E-state index contributed by atoms with van der Waals surface area (Å²) in [6, 6.07) is 16.1. The summed E-state index contributed by atoms with van der Waals surface area (Å²) in [5, 5.41) is 21.9. The van der Waals surface area contributed by atoms with Crippen LogP contribution in [0, 0.1) is 11.8 Å². The van der Waals surface area contributed by atoms with Gasteiger partial charge >= 0.3 is 6.09 Å². The molecule has 0 saturated carbocycles. The van der Waals surface area contributed by atoms with Crippen molar-refractivity contribution >= 4 is 29.7 Å². The summed E-state index contributed by atoms with van der Waals surface area (Å²) in [6.45, 7) is 10.9. The molecule has 54 heavy (non-hydrogen) atoms. The molecule has 13 nitrogen and oxygen atoms in total. The van der Waals surface area contributed by atoms with Gasteiger partial charge in [-0.05, 0) is 69.4 Å². The minimum atomic E-state index is -1.32. The lowest BCUT2D eigenvalue weighted by atomic mass is 9.96. The molecule has 3 aromatic rings. The van der Waals surface area contributed by atoms with E-state index in [2.05, 4.69) is 43.4 Å². The number of aliphatic hydroxyl groups excluding tert-OH is 1. The zero-order valence-electron chi connectivity index (χ0n) is 32.4. The smallest absolute Gasteiger partial charge is 0.408 e. The summed E-state index contributed by atoms with van der Waals surface area (Å²) < 4.78 is 5.41. The highest BCUT2D eigenvalue weighted by molar-refractivity contribution is 5.95. The molecule has 13 heteroatoms. The van der Waals surface area contributed by atoms with Crippen LogP contribution in [0.5, 0.6) is 0 Å². The predicted molar refractivity (Wildman–Crippen MR) is 206 cm³/mol. The third-order valence-electron chi connectivity index (χ3n) is 8.63. The molecule has 0 spiro atoms. The molecule has 5 amide bonds. The zero-order chi connectivity index (χ0) is 39.7. The number of hydrogen-bond donors (Lipinski definition) is 6. The van der Waals surface area contributed by atoms with E-state index in [0.29, 0.717) is 12.1 Å². The number of aliphatic hydroxyl groups is 1. The van der Waals surface area contributed by atoms with Gasteiger partial charge in [0.2, 0.25) is 23.6 Å². The Labute approximate surface area is 318 Å². The fourth-order valence-corrected chi connectivity index (χ4v) is 6.02. The largest absolute Gasteiger partial charge is 0.444 e. The number of rotatable bonds is 20. The van der Waals surface area contributed by atoms with E-state index in [-0.39, 0.29) is 31.1 Å². The van der Waals surface area contributed by atoms with Crippen molar-refractivity contribution in [1.82, 2.24) is 31.2 Å². The van der Waals surface area contributed by atoms with E-state index in [4.69, 9.17) is 4.74 Å². The molecule has 2 aromatic carbocycles. The summed E-state index contributed by atoms with van der Waals surface area (Å²) >= 11 is 0. The van der Waals surface area contributed by atoms with Gasteiger partial charge in [0.05, 0.1) is 24.9 Å². The standard InChI is InChI=1S/C41H58N6O7/c1-27(2)20-32(35(48)24-37(50)47-36(49)21-28(3)14-13-19-29-15-9-7-10-16-29)44-39(52)34(23-31-25-42-26-43-31)45-38(51)33(22-30-17-11-8-12-18-30)46-40(53)54-41(4,5)6/h7-12,15-18,25-28,32-35,48H,13-14,19-24H2,1-6H3,(H,42,43)(H,44,52)(H,45,51)(H,46,53)(H,47,49,50)/t28-,32-,33-,34-,35-/m0/s1. The summed E-state index contributed by atoms with van der Waals surface area (Å²) in [5.41, 5.74) is 1.76. The minimum Gasteiger partial charge on any atom is -0.444 e. The normalized spacial score (nSPS) is 14.2. The monoisotopic (exact) mass is 746 g/mol. The van der Waals surface area contributed by atoms with Gasteiger partial charge in [0.15, 0.2) is 0 Å². The van der Waals surface area contributed by atoms with Gasteiger partial charge in [0.25, 0.3) is 0 Å². The molecule has 5 atom stereocenters. The van der Waals surface area contributed by atoms with Crippen LogP contribution >= 0.6 is 0 Å². The Morgan fingerprint density at radius 3 is 1.98 bits per heavy atom. The average Bonchev–Trinajstić information content (AvgIpc) is 3.60. The summed E-state index contributed by atoms with van der Waals surface area (Å²) in [6.07, 6.45) is 3.72. The number of aryl methyl sites for hydroxylation is 1. The van der Waals surface area contributed by atoms with Crippen LogP contribution in [-0.2, 0) is 43.2 Å². The number of ether oxygens (including phenoxy) is 1. The van der Waals surface area contributed by atoms with Crippen LogP contribution < -0.4 is 21.3 Å². The summed E-state index contributed by atoms with van der Waals surface area (Å²) in [4.78, 5) is 73.0. The van der Waals surface area contributed by atoms with Gasteiger partial charge in [-0.3, -0.25) is 24.5 Å². The van der Waals surface area contributed by atoms with Crippen molar-refractivity contribution in [1.29, 1.82) is 0 Å². The molecule has 0 unspecified atom stereocenters. The number of aromatic amines is 1. The first-order chi connectivity index (χ1) is 25.6. The molecule has 6 N–H and O–H groups in total. The molecule has 1 aromatic heterocycles. The van der Waals surface area contributed by atoms with Gasteiger partial charge in [-0.2, -0.15) is 0 Å². The van der Waals surface area contributed by atoms with Crippen molar-refractivity contribution in [2.45, 2.75) is 123 Å². The maximum Gasteiger partial charge on any atom is 0.408 e. The van der Waals surface area contributed by atoms with E-state index in [1.807, 2.05) is 69.3 Å². The number of H-pyrrole nitrogens is 1.